The number of para-hydroxylation sites is 2. The van der Waals surface area contributed by atoms with Crippen molar-refractivity contribution in [1.29, 1.82) is 0 Å². The number of hydrogen-bond donors (Lipinski definition) is 2. The molecule has 0 aliphatic carbocycles. The van der Waals surface area contributed by atoms with E-state index in [1.165, 1.54) is 11.3 Å². The van der Waals surface area contributed by atoms with Gasteiger partial charge in [-0.3, -0.25) is 9.59 Å². The van der Waals surface area contributed by atoms with Gasteiger partial charge in [0.25, 0.3) is 11.8 Å². The van der Waals surface area contributed by atoms with Crippen LogP contribution < -0.4 is 20.1 Å². The highest BCUT2D eigenvalue weighted by Crippen LogP contribution is 2.25. The molecule has 0 fully saturated rings. The van der Waals surface area contributed by atoms with Gasteiger partial charge in [0.05, 0.1) is 18.9 Å². The van der Waals surface area contributed by atoms with Crippen LogP contribution in [0.2, 0.25) is 0 Å². The van der Waals surface area contributed by atoms with E-state index in [9.17, 15) is 9.59 Å². The molecule has 6 nitrogen and oxygen atoms in total. The number of anilines is 1. The summed E-state index contributed by atoms with van der Waals surface area (Å²) < 4.78 is 10.9. The smallest absolute Gasteiger partial charge is 0.272 e. The number of benzene rings is 2. The molecule has 0 atom stereocenters. The van der Waals surface area contributed by atoms with Crippen LogP contribution in [0.5, 0.6) is 11.5 Å². The average Bonchev–Trinajstić information content (AvgIpc) is 3.27. The maximum Gasteiger partial charge on any atom is 0.272 e. The number of carbonyl (C=O) groups excluding carboxylic acids is 2. The van der Waals surface area contributed by atoms with Crippen LogP contribution in [-0.4, -0.2) is 25.0 Å². The van der Waals surface area contributed by atoms with Crippen molar-refractivity contribution >= 4 is 34.9 Å². The van der Waals surface area contributed by atoms with Gasteiger partial charge in [0.15, 0.2) is 0 Å². The average molecular weight is 437 g/mol. The Bertz CT molecular complexity index is 1060. The molecule has 0 saturated carbocycles. The van der Waals surface area contributed by atoms with Gasteiger partial charge in [0, 0.05) is 10.4 Å². The SMILES string of the molecule is COc1ccc(C(=O)N/C(=C\c2cccs2)C(=O)Nc2ccccc2OC(C)C)cc1. The zero-order chi connectivity index (χ0) is 22.2. The molecule has 3 rings (SSSR count). The maximum absolute atomic E-state index is 13.1. The van der Waals surface area contributed by atoms with Gasteiger partial charge in [-0.15, -0.1) is 11.3 Å². The van der Waals surface area contributed by atoms with Gasteiger partial charge in [0.2, 0.25) is 0 Å². The Morgan fingerprint density at radius 2 is 1.74 bits per heavy atom. The number of methoxy groups -OCH3 is 1. The normalized spacial score (nSPS) is 11.2. The van der Waals surface area contributed by atoms with Crippen LogP contribution in [0.15, 0.2) is 71.7 Å². The molecule has 2 N–H and O–H groups in total. The second-order valence-corrected chi connectivity index (χ2v) is 7.85. The van der Waals surface area contributed by atoms with Gasteiger partial charge < -0.3 is 20.1 Å². The fourth-order valence-corrected chi connectivity index (χ4v) is 3.38. The van der Waals surface area contributed by atoms with Gasteiger partial charge in [-0.1, -0.05) is 18.2 Å². The number of ether oxygens (including phenoxy) is 2. The van der Waals surface area contributed by atoms with Crippen LogP contribution in [0.25, 0.3) is 6.08 Å². The van der Waals surface area contributed by atoms with Crippen molar-refractivity contribution in [2.75, 3.05) is 12.4 Å². The van der Waals surface area contributed by atoms with Crippen LogP contribution in [0, 0.1) is 0 Å². The number of carbonyl (C=O) groups is 2. The molecule has 0 saturated heterocycles. The van der Waals surface area contributed by atoms with E-state index in [0.29, 0.717) is 22.7 Å². The molecule has 0 unspecified atom stereocenters. The highest BCUT2D eigenvalue weighted by Gasteiger charge is 2.17. The van der Waals surface area contributed by atoms with Gasteiger partial charge in [-0.2, -0.15) is 0 Å². The highest BCUT2D eigenvalue weighted by molar-refractivity contribution is 7.10. The van der Waals surface area contributed by atoms with Crippen molar-refractivity contribution in [2.45, 2.75) is 20.0 Å². The van der Waals surface area contributed by atoms with Crippen molar-refractivity contribution in [3.05, 3.63) is 82.2 Å². The molecule has 0 aliphatic rings. The molecule has 3 aromatic rings. The van der Waals surface area contributed by atoms with E-state index in [1.807, 2.05) is 37.4 Å². The largest absolute Gasteiger partial charge is 0.497 e. The van der Waals surface area contributed by atoms with Crippen molar-refractivity contribution in [1.82, 2.24) is 5.32 Å². The molecular formula is C24H24N2O4S. The molecule has 2 amide bonds. The predicted molar refractivity (Wildman–Crippen MR) is 124 cm³/mol. The summed E-state index contributed by atoms with van der Waals surface area (Å²) in [6.45, 7) is 3.83. The van der Waals surface area contributed by atoms with E-state index in [4.69, 9.17) is 9.47 Å². The van der Waals surface area contributed by atoms with E-state index in [1.54, 1.807) is 55.7 Å². The van der Waals surface area contributed by atoms with Gasteiger partial charge >= 0.3 is 0 Å². The second kappa shape index (κ2) is 10.4. The third kappa shape index (κ3) is 6.20. The Labute approximate surface area is 185 Å². The van der Waals surface area contributed by atoms with Crippen LogP contribution >= 0.6 is 11.3 Å². The molecule has 0 radical (unpaired) electrons. The van der Waals surface area contributed by atoms with Gasteiger partial charge in [-0.25, -0.2) is 0 Å². The number of rotatable bonds is 8. The van der Waals surface area contributed by atoms with E-state index < -0.39 is 11.8 Å². The standard InChI is InChI=1S/C24H24N2O4S/c1-16(2)30-22-9-5-4-8-20(22)25-24(28)21(15-19-7-6-14-31-19)26-23(27)17-10-12-18(29-3)13-11-17/h4-16H,1-3H3,(H,25,28)(H,26,27)/b21-15-. The lowest BCUT2D eigenvalue weighted by molar-refractivity contribution is -0.113. The number of thiophene rings is 1. The van der Waals surface area contributed by atoms with E-state index in [0.717, 1.165) is 4.88 Å². The van der Waals surface area contributed by atoms with Crippen molar-refractivity contribution in [3.8, 4) is 11.5 Å². The van der Waals surface area contributed by atoms with E-state index in [-0.39, 0.29) is 11.8 Å². The van der Waals surface area contributed by atoms with Crippen LogP contribution in [0.4, 0.5) is 5.69 Å². The first-order chi connectivity index (χ1) is 15.0. The lowest BCUT2D eigenvalue weighted by atomic mass is 10.2. The summed E-state index contributed by atoms with van der Waals surface area (Å²) in [6.07, 6.45) is 1.60. The Balaban J connectivity index is 1.84. The zero-order valence-corrected chi connectivity index (χ0v) is 18.4. The summed E-state index contributed by atoms with van der Waals surface area (Å²) in [5.41, 5.74) is 1.06. The molecule has 7 heteroatoms. The summed E-state index contributed by atoms with van der Waals surface area (Å²) in [5, 5.41) is 7.47. The predicted octanol–water partition coefficient (Wildman–Crippen LogP) is 4.95. The minimum Gasteiger partial charge on any atom is -0.497 e. The Kier molecular flexibility index (Phi) is 7.45. The van der Waals surface area contributed by atoms with E-state index in [2.05, 4.69) is 10.6 Å². The first-order valence-corrected chi connectivity index (χ1v) is 10.6. The van der Waals surface area contributed by atoms with Gasteiger partial charge in [0.1, 0.15) is 17.2 Å². The fraction of sp³-hybridized carbons (Fsp3) is 0.167. The fourth-order valence-electron chi connectivity index (χ4n) is 2.73. The number of nitrogens with one attached hydrogen (secondary N) is 2. The molecule has 1 aromatic heterocycles. The highest BCUT2D eigenvalue weighted by atomic mass is 32.1. The minimum atomic E-state index is -0.449. The molecule has 0 bridgehead atoms. The maximum atomic E-state index is 13.1. The summed E-state index contributed by atoms with van der Waals surface area (Å²) in [5.74, 6) is 0.357. The van der Waals surface area contributed by atoms with Crippen molar-refractivity contribution < 1.29 is 19.1 Å². The quantitative estimate of drug-likeness (QED) is 0.490. The summed E-state index contributed by atoms with van der Waals surface area (Å²) >= 11 is 1.47. The Morgan fingerprint density at radius 1 is 1.00 bits per heavy atom. The summed E-state index contributed by atoms with van der Waals surface area (Å²) in [6, 6.07) is 17.6. The van der Waals surface area contributed by atoms with Crippen LogP contribution in [-0.2, 0) is 4.79 Å². The van der Waals surface area contributed by atoms with E-state index >= 15 is 0 Å². The topological polar surface area (TPSA) is 76.7 Å². The monoisotopic (exact) mass is 436 g/mol. The lowest BCUT2D eigenvalue weighted by Gasteiger charge is -2.16. The summed E-state index contributed by atoms with van der Waals surface area (Å²) in [4.78, 5) is 26.7. The molecule has 31 heavy (non-hydrogen) atoms. The molecule has 0 spiro atoms. The van der Waals surface area contributed by atoms with Crippen molar-refractivity contribution in [2.24, 2.45) is 0 Å². The molecule has 2 aromatic carbocycles. The van der Waals surface area contributed by atoms with Crippen LogP contribution in [0.1, 0.15) is 29.1 Å². The van der Waals surface area contributed by atoms with Gasteiger partial charge in [-0.05, 0) is 67.8 Å². The Morgan fingerprint density at radius 3 is 2.39 bits per heavy atom. The van der Waals surface area contributed by atoms with Crippen LogP contribution in [0.3, 0.4) is 0 Å². The lowest BCUT2D eigenvalue weighted by Crippen LogP contribution is -2.30. The first kappa shape index (κ1) is 22.1. The second-order valence-electron chi connectivity index (χ2n) is 6.87. The first-order valence-electron chi connectivity index (χ1n) is 9.74. The number of amides is 2. The zero-order valence-electron chi connectivity index (χ0n) is 17.5. The third-order valence-electron chi connectivity index (χ3n) is 4.17. The molecule has 1 heterocycles. The molecule has 160 valence electrons. The molecular weight excluding hydrogens is 412 g/mol. The summed E-state index contributed by atoms with van der Waals surface area (Å²) in [7, 11) is 1.56. The Hall–Kier alpha value is -3.58. The minimum absolute atomic E-state index is 0.0473. The third-order valence-corrected chi connectivity index (χ3v) is 4.99. The molecule has 0 aliphatic heterocycles. The number of hydrogen-bond acceptors (Lipinski definition) is 5. The van der Waals surface area contributed by atoms with Crippen molar-refractivity contribution in [3.63, 3.8) is 0 Å².